The third-order valence-electron chi connectivity index (χ3n) is 5.57. The molecule has 0 radical (unpaired) electrons. The van der Waals surface area contributed by atoms with Gasteiger partial charge in [-0.3, -0.25) is 4.79 Å². The van der Waals surface area contributed by atoms with Crippen molar-refractivity contribution in [2.24, 2.45) is 0 Å². The number of amides is 1. The summed E-state index contributed by atoms with van der Waals surface area (Å²) in [6.07, 6.45) is -0.788. The highest BCUT2D eigenvalue weighted by atomic mass is 35.5. The molecule has 8 nitrogen and oxygen atoms in total. The van der Waals surface area contributed by atoms with Crippen molar-refractivity contribution < 1.29 is 22.7 Å². The van der Waals surface area contributed by atoms with E-state index in [1.165, 1.54) is 16.4 Å². The molecule has 1 amide bonds. The Kier molecular flexibility index (Phi) is 8.11. The van der Waals surface area contributed by atoms with E-state index < -0.39 is 16.1 Å². The van der Waals surface area contributed by atoms with E-state index in [1.807, 2.05) is 0 Å². The fraction of sp³-hybridized carbons (Fsp3) is 0.650. The fourth-order valence-corrected chi connectivity index (χ4v) is 5.52. The van der Waals surface area contributed by atoms with Crippen molar-refractivity contribution in [1.82, 2.24) is 14.1 Å². The second kappa shape index (κ2) is 10.4. The van der Waals surface area contributed by atoms with Crippen LogP contribution >= 0.6 is 11.6 Å². The normalized spacial score (nSPS) is 21.1. The van der Waals surface area contributed by atoms with E-state index >= 15 is 0 Å². The summed E-state index contributed by atoms with van der Waals surface area (Å²) in [4.78, 5) is 16.8. The number of halogens is 1. The Morgan fingerprint density at radius 1 is 1.23 bits per heavy atom. The number of nitrogens with zero attached hydrogens (tertiary/aromatic N) is 3. The van der Waals surface area contributed by atoms with E-state index in [-0.39, 0.29) is 41.6 Å². The van der Waals surface area contributed by atoms with Gasteiger partial charge in [0.25, 0.3) is 5.91 Å². The number of sulfonamides is 1. The van der Waals surface area contributed by atoms with E-state index in [1.54, 1.807) is 17.0 Å². The zero-order valence-electron chi connectivity index (χ0n) is 17.5. The lowest BCUT2D eigenvalue weighted by molar-refractivity contribution is -0.160. The Balaban J connectivity index is 1.50. The molecular weight excluding hydrogens is 430 g/mol. The minimum atomic E-state index is -3.79. The predicted molar refractivity (Wildman–Crippen MR) is 114 cm³/mol. The van der Waals surface area contributed by atoms with E-state index in [0.29, 0.717) is 19.7 Å². The number of likely N-dealkylation sites (tertiary alicyclic amines) is 1. The van der Waals surface area contributed by atoms with Crippen LogP contribution in [0.1, 0.15) is 13.8 Å². The molecule has 2 aliphatic heterocycles. The summed E-state index contributed by atoms with van der Waals surface area (Å²) < 4.78 is 38.6. The molecule has 0 aromatic heterocycles. The van der Waals surface area contributed by atoms with Gasteiger partial charge in [-0.15, -0.1) is 0 Å². The van der Waals surface area contributed by atoms with Gasteiger partial charge < -0.3 is 19.3 Å². The summed E-state index contributed by atoms with van der Waals surface area (Å²) in [6, 6.07) is 6.32. The number of carbonyl (C=O) groups excluding carboxylic acids is 1. The van der Waals surface area contributed by atoms with Gasteiger partial charge in [0.2, 0.25) is 10.0 Å². The van der Waals surface area contributed by atoms with Crippen LogP contribution in [0.15, 0.2) is 29.2 Å². The number of morpholine rings is 1. The number of hydrogen-bond donors (Lipinski definition) is 0. The second-order valence-electron chi connectivity index (χ2n) is 7.42. The lowest BCUT2D eigenvalue weighted by Gasteiger charge is -2.42. The summed E-state index contributed by atoms with van der Waals surface area (Å²) in [5.74, 6) is -0.197. The number of ether oxygens (including phenoxy) is 2. The van der Waals surface area contributed by atoms with Crippen molar-refractivity contribution in [3.63, 3.8) is 0 Å². The molecule has 0 N–H and O–H groups in total. The molecule has 0 aliphatic carbocycles. The summed E-state index contributed by atoms with van der Waals surface area (Å²) >= 11 is 6.08. The van der Waals surface area contributed by atoms with Crippen molar-refractivity contribution in [2.75, 3.05) is 59.0 Å². The molecule has 0 bridgehead atoms. The van der Waals surface area contributed by atoms with Gasteiger partial charge in [-0.05, 0) is 25.2 Å². The largest absolute Gasteiger partial charge is 0.373 e. The molecule has 0 spiro atoms. The van der Waals surface area contributed by atoms with Gasteiger partial charge >= 0.3 is 0 Å². The van der Waals surface area contributed by atoms with Gasteiger partial charge in [0.05, 0.1) is 24.3 Å². The number of benzene rings is 1. The summed E-state index contributed by atoms with van der Waals surface area (Å²) in [5, 5.41) is 0.166. The summed E-state index contributed by atoms with van der Waals surface area (Å²) in [7, 11) is -3.79. The van der Waals surface area contributed by atoms with Crippen molar-refractivity contribution in [2.45, 2.75) is 31.0 Å². The third kappa shape index (κ3) is 5.33. The maximum Gasteiger partial charge on any atom is 0.253 e. The predicted octanol–water partition coefficient (Wildman–Crippen LogP) is 1.30. The molecule has 1 aromatic carbocycles. The SMILES string of the molecule is CCN(CC)CCOC1CN(C(=O)C2CN(S(=O)(=O)c3ccccc3Cl)CCO2)C1. The smallest absolute Gasteiger partial charge is 0.253 e. The van der Waals surface area contributed by atoms with Crippen molar-refractivity contribution in [1.29, 1.82) is 0 Å². The summed E-state index contributed by atoms with van der Waals surface area (Å²) in [6.45, 7) is 9.07. The number of carbonyl (C=O) groups is 1. The van der Waals surface area contributed by atoms with Crippen LogP contribution in [0.5, 0.6) is 0 Å². The molecule has 1 unspecified atom stereocenters. The van der Waals surface area contributed by atoms with Gasteiger partial charge in [-0.2, -0.15) is 4.31 Å². The topological polar surface area (TPSA) is 79.4 Å². The first-order valence-corrected chi connectivity index (χ1v) is 12.2. The molecule has 3 rings (SSSR count). The molecule has 0 saturated carbocycles. The lowest BCUT2D eigenvalue weighted by Crippen LogP contribution is -2.60. The van der Waals surface area contributed by atoms with E-state index in [0.717, 1.165) is 19.6 Å². The highest BCUT2D eigenvalue weighted by molar-refractivity contribution is 7.89. The van der Waals surface area contributed by atoms with Crippen LogP contribution in [-0.2, 0) is 24.3 Å². The minimum absolute atomic E-state index is 0.0175. The van der Waals surface area contributed by atoms with E-state index in [9.17, 15) is 13.2 Å². The zero-order valence-corrected chi connectivity index (χ0v) is 19.1. The molecule has 168 valence electrons. The van der Waals surface area contributed by atoms with E-state index in [2.05, 4.69) is 18.7 Å². The zero-order chi connectivity index (χ0) is 21.7. The Morgan fingerprint density at radius 2 is 1.93 bits per heavy atom. The van der Waals surface area contributed by atoms with Crippen LogP contribution in [0.3, 0.4) is 0 Å². The average molecular weight is 460 g/mol. The quantitative estimate of drug-likeness (QED) is 0.553. The highest BCUT2D eigenvalue weighted by Gasteiger charge is 2.40. The van der Waals surface area contributed by atoms with Crippen LogP contribution in [0.4, 0.5) is 0 Å². The standard InChI is InChI=1S/C20H30ClN3O5S/c1-3-22(4-2)9-11-28-16-13-23(14-16)20(25)18-15-24(10-12-29-18)30(26,27)19-8-6-5-7-17(19)21/h5-8,16,18H,3-4,9-15H2,1-2H3. The van der Waals surface area contributed by atoms with Crippen LogP contribution in [0, 0.1) is 0 Å². The summed E-state index contributed by atoms with van der Waals surface area (Å²) in [5.41, 5.74) is 0. The first-order chi connectivity index (χ1) is 14.4. The number of hydrogen-bond acceptors (Lipinski definition) is 6. The lowest BCUT2D eigenvalue weighted by atomic mass is 10.1. The number of likely N-dealkylation sites (N-methyl/N-ethyl adjacent to an activating group) is 1. The Hall–Kier alpha value is -1.23. The van der Waals surface area contributed by atoms with Crippen LogP contribution in [-0.4, -0.2) is 99.7 Å². The van der Waals surface area contributed by atoms with Crippen molar-refractivity contribution >= 4 is 27.5 Å². The van der Waals surface area contributed by atoms with Crippen LogP contribution in [0.25, 0.3) is 0 Å². The Morgan fingerprint density at radius 3 is 2.60 bits per heavy atom. The minimum Gasteiger partial charge on any atom is -0.373 e. The maximum absolute atomic E-state index is 12.9. The molecule has 2 aliphatic rings. The third-order valence-corrected chi connectivity index (χ3v) is 7.94. The first-order valence-electron chi connectivity index (χ1n) is 10.4. The monoisotopic (exact) mass is 459 g/mol. The first kappa shape index (κ1) is 23.4. The van der Waals surface area contributed by atoms with Crippen LogP contribution < -0.4 is 0 Å². The van der Waals surface area contributed by atoms with Gasteiger partial charge in [-0.25, -0.2) is 8.42 Å². The van der Waals surface area contributed by atoms with Crippen molar-refractivity contribution in [3.8, 4) is 0 Å². The highest BCUT2D eigenvalue weighted by Crippen LogP contribution is 2.26. The molecular formula is C20H30ClN3O5S. The molecule has 30 heavy (non-hydrogen) atoms. The molecule has 2 saturated heterocycles. The molecule has 2 heterocycles. The second-order valence-corrected chi connectivity index (χ2v) is 9.73. The number of rotatable bonds is 9. The molecule has 1 aromatic rings. The average Bonchev–Trinajstić information content (AvgIpc) is 2.72. The van der Waals surface area contributed by atoms with Crippen LogP contribution in [0.2, 0.25) is 5.02 Å². The van der Waals surface area contributed by atoms with Crippen molar-refractivity contribution in [3.05, 3.63) is 29.3 Å². The molecule has 10 heteroatoms. The molecule has 2 fully saturated rings. The molecule has 1 atom stereocenters. The maximum atomic E-state index is 12.9. The Bertz CT molecular complexity index is 827. The Labute approximate surface area is 183 Å². The van der Waals surface area contributed by atoms with Gasteiger partial charge in [-0.1, -0.05) is 37.6 Å². The van der Waals surface area contributed by atoms with E-state index in [4.69, 9.17) is 21.1 Å². The van der Waals surface area contributed by atoms with Gasteiger partial charge in [0, 0.05) is 32.7 Å². The van der Waals surface area contributed by atoms with Gasteiger partial charge in [0.15, 0.2) is 0 Å². The fourth-order valence-electron chi connectivity index (χ4n) is 3.60. The van der Waals surface area contributed by atoms with Gasteiger partial charge in [0.1, 0.15) is 11.0 Å².